The lowest BCUT2D eigenvalue weighted by atomic mass is 9.51. The SMILES string of the molecule is O=C(Nc1ccc(C23CCC(C(=O)NCCF)(CC2)CC3)cc1)N1Cc2ccc(F)cc2C1. The number of nitrogens with zero attached hydrogens (tertiary/aromatic N) is 1. The molecule has 3 saturated carbocycles. The number of nitrogens with one attached hydrogen (secondary N) is 2. The van der Waals surface area contributed by atoms with E-state index in [0.29, 0.717) is 13.1 Å². The molecule has 2 aromatic rings. The quantitative estimate of drug-likeness (QED) is 0.666. The van der Waals surface area contributed by atoms with Crippen LogP contribution in [0.2, 0.25) is 0 Å². The number of anilines is 1. The highest BCUT2D eigenvalue weighted by molar-refractivity contribution is 5.89. The van der Waals surface area contributed by atoms with Gasteiger partial charge in [0.2, 0.25) is 5.91 Å². The van der Waals surface area contributed by atoms with E-state index in [1.54, 1.807) is 11.0 Å². The predicted molar refractivity (Wildman–Crippen MR) is 122 cm³/mol. The van der Waals surface area contributed by atoms with Crippen molar-refractivity contribution >= 4 is 17.6 Å². The minimum Gasteiger partial charge on any atom is -0.353 e. The van der Waals surface area contributed by atoms with Crippen LogP contribution in [0.1, 0.15) is 55.2 Å². The fraction of sp³-hybridized carbons (Fsp3) is 0.462. The number of hydrogen-bond acceptors (Lipinski definition) is 2. The Labute approximate surface area is 192 Å². The molecule has 3 amide bonds. The molecule has 1 heterocycles. The Morgan fingerprint density at radius 1 is 0.909 bits per heavy atom. The van der Waals surface area contributed by atoms with Crippen molar-refractivity contribution in [1.82, 2.24) is 10.2 Å². The van der Waals surface area contributed by atoms with Gasteiger partial charge in [-0.15, -0.1) is 0 Å². The summed E-state index contributed by atoms with van der Waals surface area (Å²) < 4.78 is 25.9. The van der Waals surface area contributed by atoms with Crippen LogP contribution in [0.3, 0.4) is 0 Å². The fourth-order valence-electron chi connectivity index (χ4n) is 5.92. The molecule has 0 saturated heterocycles. The third-order valence-electron chi connectivity index (χ3n) is 8.03. The van der Waals surface area contributed by atoms with Gasteiger partial charge in [-0.25, -0.2) is 13.6 Å². The normalized spacial score (nSPS) is 25.6. The van der Waals surface area contributed by atoms with Crippen LogP contribution in [0.15, 0.2) is 42.5 Å². The van der Waals surface area contributed by atoms with Gasteiger partial charge in [-0.05, 0) is 84.9 Å². The number of urea groups is 1. The van der Waals surface area contributed by atoms with Crippen LogP contribution in [0.4, 0.5) is 19.3 Å². The zero-order valence-corrected chi connectivity index (χ0v) is 18.6. The van der Waals surface area contributed by atoms with E-state index in [1.165, 1.54) is 17.7 Å². The molecule has 2 aromatic carbocycles. The van der Waals surface area contributed by atoms with Crippen LogP contribution < -0.4 is 10.6 Å². The van der Waals surface area contributed by atoms with Gasteiger partial charge in [0.15, 0.2) is 0 Å². The topological polar surface area (TPSA) is 61.4 Å². The second kappa shape index (κ2) is 8.43. The van der Waals surface area contributed by atoms with Crippen LogP contribution in [0.25, 0.3) is 0 Å². The van der Waals surface area contributed by atoms with Crippen molar-refractivity contribution in [2.75, 3.05) is 18.5 Å². The second-order valence-electron chi connectivity index (χ2n) is 9.78. The summed E-state index contributed by atoms with van der Waals surface area (Å²) in [7, 11) is 0. The van der Waals surface area contributed by atoms with Crippen molar-refractivity contribution in [2.45, 2.75) is 57.0 Å². The number of fused-ring (bicyclic) bond motifs is 4. The molecule has 2 bridgehead atoms. The molecule has 7 heteroatoms. The van der Waals surface area contributed by atoms with Gasteiger partial charge >= 0.3 is 6.03 Å². The van der Waals surface area contributed by atoms with Gasteiger partial charge in [-0.1, -0.05) is 18.2 Å². The first-order valence-electron chi connectivity index (χ1n) is 11.7. The summed E-state index contributed by atoms with van der Waals surface area (Å²) in [6.45, 7) is 0.446. The monoisotopic (exact) mass is 453 g/mol. The lowest BCUT2D eigenvalue weighted by molar-refractivity contribution is -0.137. The number of rotatable bonds is 5. The first kappa shape index (κ1) is 21.9. The summed E-state index contributed by atoms with van der Waals surface area (Å²) in [5.74, 6) is -0.271. The average Bonchev–Trinajstić information content (AvgIpc) is 3.27. The first-order chi connectivity index (χ1) is 15.9. The number of alkyl halides is 1. The molecule has 33 heavy (non-hydrogen) atoms. The van der Waals surface area contributed by atoms with E-state index in [2.05, 4.69) is 22.8 Å². The third kappa shape index (κ3) is 3.98. The number of halogens is 2. The molecule has 1 aliphatic heterocycles. The standard InChI is InChI=1S/C26H29F2N3O2/c27-13-14-29-23(32)26-10-7-25(8-11-26,9-12-26)20-2-5-22(6-3-20)30-24(33)31-16-18-1-4-21(28)15-19(18)17-31/h1-6,15H,7-14,16-17H2,(H,29,32)(H,30,33). The molecule has 4 aliphatic rings. The Hall–Kier alpha value is -2.96. The Kier molecular flexibility index (Phi) is 5.59. The lowest BCUT2D eigenvalue weighted by Crippen LogP contribution is -2.51. The highest BCUT2D eigenvalue weighted by atomic mass is 19.1. The smallest absolute Gasteiger partial charge is 0.322 e. The van der Waals surface area contributed by atoms with Gasteiger partial charge in [0.05, 0.1) is 0 Å². The van der Waals surface area contributed by atoms with E-state index in [-0.39, 0.29) is 35.1 Å². The van der Waals surface area contributed by atoms with E-state index in [9.17, 15) is 18.4 Å². The fourth-order valence-corrected chi connectivity index (χ4v) is 5.92. The minimum absolute atomic E-state index is 0.0123. The Morgan fingerprint density at radius 3 is 2.24 bits per heavy atom. The number of carbonyl (C=O) groups is 2. The molecule has 2 N–H and O–H groups in total. The Bertz CT molecular complexity index is 1050. The maximum absolute atomic E-state index is 13.4. The molecule has 0 spiro atoms. The van der Waals surface area contributed by atoms with Crippen LogP contribution in [0, 0.1) is 11.2 Å². The van der Waals surface area contributed by atoms with Gasteiger partial charge in [0.1, 0.15) is 12.5 Å². The maximum atomic E-state index is 13.4. The molecular weight excluding hydrogens is 424 g/mol. The molecule has 3 aliphatic carbocycles. The average molecular weight is 454 g/mol. The lowest BCUT2D eigenvalue weighted by Gasteiger charge is -2.52. The summed E-state index contributed by atoms with van der Waals surface area (Å²) in [6.07, 6.45) is 5.35. The zero-order chi connectivity index (χ0) is 23.1. The van der Waals surface area contributed by atoms with Crippen molar-refractivity contribution in [2.24, 2.45) is 5.41 Å². The van der Waals surface area contributed by atoms with E-state index >= 15 is 0 Å². The van der Waals surface area contributed by atoms with Crippen LogP contribution in [0.5, 0.6) is 0 Å². The molecule has 174 valence electrons. The molecular formula is C26H29F2N3O2. The van der Waals surface area contributed by atoms with Crippen molar-refractivity contribution in [3.63, 3.8) is 0 Å². The molecule has 0 aromatic heterocycles. The third-order valence-corrected chi connectivity index (χ3v) is 8.03. The summed E-state index contributed by atoms with van der Waals surface area (Å²) in [4.78, 5) is 27.0. The van der Waals surface area contributed by atoms with Gasteiger partial charge < -0.3 is 15.5 Å². The van der Waals surface area contributed by atoms with Crippen LogP contribution in [-0.4, -0.2) is 30.1 Å². The Balaban J connectivity index is 1.20. The molecule has 0 unspecified atom stereocenters. The summed E-state index contributed by atoms with van der Waals surface area (Å²) in [5.41, 5.74) is 3.55. The summed E-state index contributed by atoms with van der Waals surface area (Å²) in [5, 5.41) is 5.71. The van der Waals surface area contributed by atoms with Gasteiger partial charge in [-0.3, -0.25) is 4.79 Å². The summed E-state index contributed by atoms with van der Waals surface area (Å²) >= 11 is 0. The molecule has 0 radical (unpaired) electrons. The minimum atomic E-state index is -0.530. The van der Waals surface area contributed by atoms with Crippen molar-refractivity contribution < 1.29 is 18.4 Å². The highest BCUT2D eigenvalue weighted by Gasteiger charge is 2.52. The largest absolute Gasteiger partial charge is 0.353 e. The highest BCUT2D eigenvalue weighted by Crippen LogP contribution is 2.57. The zero-order valence-electron chi connectivity index (χ0n) is 18.6. The van der Waals surface area contributed by atoms with Crippen LogP contribution in [-0.2, 0) is 23.3 Å². The van der Waals surface area contributed by atoms with Crippen LogP contribution >= 0.6 is 0 Å². The molecule has 5 nitrogen and oxygen atoms in total. The van der Waals surface area contributed by atoms with Crippen molar-refractivity contribution in [1.29, 1.82) is 0 Å². The second-order valence-corrected chi connectivity index (χ2v) is 9.78. The number of amides is 3. The summed E-state index contributed by atoms with van der Waals surface area (Å²) in [6, 6.07) is 12.5. The van der Waals surface area contributed by atoms with Gasteiger partial charge in [-0.2, -0.15) is 0 Å². The Morgan fingerprint density at radius 2 is 1.58 bits per heavy atom. The first-order valence-corrected chi connectivity index (χ1v) is 11.7. The molecule has 3 fully saturated rings. The molecule has 0 atom stereocenters. The maximum Gasteiger partial charge on any atom is 0.322 e. The van der Waals surface area contributed by atoms with Gasteiger partial charge in [0.25, 0.3) is 0 Å². The van der Waals surface area contributed by atoms with Crippen molar-refractivity contribution in [3.8, 4) is 0 Å². The van der Waals surface area contributed by atoms with E-state index in [1.807, 2.05) is 12.1 Å². The van der Waals surface area contributed by atoms with Gasteiger partial charge in [0, 0.05) is 30.7 Å². The number of carbonyl (C=O) groups excluding carboxylic acids is 2. The van der Waals surface area contributed by atoms with E-state index in [0.717, 1.165) is 55.3 Å². The van der Waals surface area contributed by atoms with Crippen molar-refractivity contribution in [3.05, 3.63) is 65.0 Å². The van der Waals surface area contributed by atoms with E-state index < -0.39 is 6.67 Å². The molecule has 6 rings (SSSR count). The predicted octanol–water partition coefficient (Wildman–Crippen LogP) is 5.05. The number of benzene rings is 2. The number of hydrogen-bond donors (Lipinski definition) is 2. The van der Waals surface area contributed by atoms with E-state index in [4.69, 9.17) is 0 Å².